The van der Waals surface area contributed by atoms with Crippen molar-refractivity contribution in [2.24, 2.45) is 0 Å². The highest BCUT2D eigenvalue weighted by atomic mass is 19.1. The minimum Gasteiger partial charge on any atom is -0.381 e. The molecule has 2 N–H and O–H groups in total. The third-order valence-electron chi connectivity index (χ3n) is 2.82. The van der Waals surface area contributed by atoms with E-state index in [4.69, 9.17) is 0 Å². The number of halogens is 1. The zero-order valence-corrected chi connectivity index (χ0v) is 9.02. The highest BCUT2D eigenvalue weighted by Crippen LogP contribution is 2.16. The van der Waals surface area contributed by atoms with Gasteiger partial charge in [-0.25, -0.2) is 4.39 Å². The number of rotatable bonds is 3. The summed E-state index contributed by atoms with van der Waals surface area (Å²) in [6, 6.07) is 5.64. The van der Waals surface area contributed by atoms with E-state index in [1.54, 1.807) is 6.07 Å². The molecule has 0 saturated carbocycles. The van der Waals surface area contributed by atoms with Crippen LogP contribution < -0.4 is 10.6 Å². The summed E-state index contributed by atoms with van der Waals surface area (Å²) in [6.07, 6.45) is 2.41. The molecular formula is C12H17FN2. The van der Waals surface area contributed by atoms with Gasteiger partial charge in [-0.15, -0.1) is 0 Å². The number of anilines is 1. The van der Waals surface area contributed by atoms with Crippen LogP contribution in [0.15, 0.2) is 18.2 Å². The molecule has 1 heterocycles. The summed E-state index contributed by atoms with van der Waals surface area (Å²) in [5.74, 6) is -0.168. The van der Waals surface area contributed by atoms with Gasteiger partial charge in [-0.3, -0.25) is 0 Å². The Balaban J connectivity index is 1.94. The van der Waals surface area contributed by atoms with Crippen molar-refractivity contribution in [3.05, 3.63) is 29.6 Å². The minimum absolute atomic E-state index is 0.168. The molecule has 2 nitrogen and oxygen atoms in total. The standard InChI is InChI=1S/C12H17FN2/c1-9-4-5-11(13)12(7-9)15-8-10-3-2-6-14-10/h4-5,7,10,14-15H,2-3,6,8H2,1H3. The zero-order chi connectivity index (χ0) is 10.7. The molecule has 1 unspecified atom stereocenters. The lowest BCUT2D eigenvalue weighted by molar-refractivity contribution is 0.613. The number of hydrogen-bond donors (Lipinski definition) is 2. The molecule has 3 heteroatoms. The van der Waals surface area contributed by atoms with Crippen LogP contribution in [0.5, 0.6) is 0 Å². The number of hydrogen-bond acceptors (Lipinski definition) is 2. The average molecular weight is 208 g/mol. The molecular weight excluding hydrogens is 191 g/mol. The molecule has 1 aliphatic heterocycles. The molecule has 1 fully saturated rings. The Kier molecular flexibility index (Phi) is 3.21. The van der Waals surface area contributed by atoms with Crippen LogP contribution in [0.1, 0.15) is 18.4 Å². The Hall–Kier alpha value is -1.09. The summed E-state index contributed by atoms with van der Waals surface area (Å²) >= 11 is 0. The quantitative estimate of drug-likeness (QED) is 0.796. The van der Waals surface area contributed by atoms with Gasteiger partial charge in [0.05, 0.1) is 5.69 Å². The molecule has 0 radical (unpaired) electrons. The van der Waals surface area contributed by atoms with E-state index in [0.29, 0.717) is 11.7 Å². The number of nitrogens with one attached hydrogen (secondary N) is 2. The SMILES string of the molecule is Cc1ccc(F)c(NCC2CCCN2)c1. The topological polar surface area (TPSA) is 24.1 Å². The first-order chi connectivity index (χ1) is 7.25. The summed E-state index contributed by atoms with van der Waals surface area (Å²) in [5.41, 5.74) is 1.70. The van der Waals surface area contributed by atoms with E-state index < -0.39 is 0 Å². The van der Waals surface area contributed by atoms with Gasteiger partial charge in [0.1, 0.15) is 5.82 Å². The second-order valence-electron chi connectivity index (χ2n) is 4.16. The van der Waals surface area contributed by atoms with E-state index in [9.17, 15) is 4.39 Å². The Morgan fingerprint density at radius 3 is 3.13 bits per heavy atom. The van der Waals surface area contributed by atoms with Crippen molar-refractivity contribution in [2.75, 3.05) is 18.4 Å². The summed E-state index contributed by atoms with van der Waals surface area (Å²) in [6.45, 7) is 3.86. The van der Waals surface area contributed by atoms with Crippen molar-refractivity contribution in [3.63, 3.8) is 0 Å². The van der Waals surface area contributed by atoms with Gasteiger partial charge >= 0.3 is 0 Å². The second kappa shape index (κ2) is 4.62. The number of benzene rings is 1. The molecule has 0 amide bonds. The van der Waals surface area contributed by atoms with Crippen LogP contribution in [0.2, 0.25) is 0 Å². The lowest BCUT2D eigenvalue weighted by Gasteiger charge is -2.13. The van der Waals surface area contributed by atoms with E-state index in [1.165, 1.54) is 18.9 Å². The van der Waals surface area contributed by atoms with Gasteiger partial charge in [0.25, 0.3) is 0 Å². The third-order valence-corrected chi connectivity index (χ3v) is 2.82. The van der Waals surface area contributed by atoms with E-state index in [1.807, 2.05) is 13.0 Å². The maximum atomic E-state index is 13.4. The highest BCUT2D eigenvalue weighted by molar-refractivity contribution is 5.47. The molecule has 0 spiro atoms. The fourth-order valence-electron chi connectivity index (χ4n) is 1.94. The predicted molar refractivity (Wildman–Crippen MR) is 60.7 cm³/mol. The van der Waals surface area contributed by atoms with Gasteiger partial charge in [0, 0.05) is 12.6 Å². The highest BCUT2D eigenvalue weighted by Gasteiger charge is 2.13. The van der Waals surface area contributed by atoms with Gasteiger partial charge in [0.15, 0.2) is 0 Å². The zero-order valence-electron chi connectivity index (χ0n) is 9.02. The third kappa shape index (κ3) is 2.69. The Bertz CT molecular complexity index is 332. The average Bonchev–Trinajstić information content (AvgIpc) is 2.72. The van der Waals surface area contributed by atoms with Crippen molar-refractivity contribution in [1.82, 2.24) is 5.32 Å². The van der Waals surface area contributed by atoms with Gasteiger partial charge < -0.3 is 10.6 Å². The van der Waals surface area contributed by atoms with Crippen LogP contribution in [0, 0.1) is 12.7 Å². The van der Waals surface area contributed by atoms with Gasteiger partial charge in [-0.1, -0.05) is 6.07 Å². The lowest BCUT2D eigenvalue weighted by atomic mass is 10.2. The molecule has 15 heavy (non-hydrogen) atoms. The largest absolute Gasteiger partial charge is 0.381 e. The molecule has 1 saturated heterocycles. The van der Waals surface area contributed by atoms with Crippen LogP contribution in [0.25, 0.3) is 0 Å². The molecule has 0 aliphatic carbocycles. The normalized spacial score (nSPS) is 20.5. The molecule has 0 bridgehead atoms. The predicted octanol–water partition coefficient (Wildman–Crippen LogP) is 2.30. The molecule has 2 rings (SSSR count). The van der Waals surface area contributed by atoms with Crippen LogP contribution in [-0.2, 0) is 0 Å². The first-order valence-electron chi connectivity index (χ1n) is 5.49. The van der Waals surface area contributed by atoms with E-state index >= 15 is 0 Å². The maximum Gasteiger partial charge on any atom is 0.146 e. The van der Waals surface area contributed by atoms with E-state index in [2.05, 4.69) is 10.6 Å². The first-order valence-corrected chi connectivity index (χ1v) is 5.49. The minimum atomic E-state index is -0.168. The molecule has 1 aliphatic rings. The molecule has 1 atom stereocenters. The smallest absolute Gasteiger partial charge is 0.146 e. The molecule has 1 aromatic rings. The van der Waals surface area contributed by atoms with Crippen molar-refractivity contribution >= 4 is 5.69 Å². The fourth-order valence-corrected chi connectivity index (χ4v) is 1.94. The second-order valence-corrected chi connectivity index (χ2v) is 4.16. The van der Waals surface area contributed by atoms with Crippen LogP contribution in [0.3, 0.4) is 0 Å². The molecule has 0 aromatic heterocycles. The number of aryl methyl sites for hydroxylation is 1. The summed E-state index contributed by atoms with van der Waals surface area (Å²) in [5, 5.41) is 6.53. The summed E-state index contributed by atoms with van der Waals surface area (Å²) in [7, 11) is 0. The lowest BCUT2D eigenvalue weighted by Crippen LogP contribution is -2.29. The Labute approximate surface area is 89.9 Å². The maximum absolute atomic E-state index is 13.4. The van der Waals surface area contributed by atoms with E-state index in [0.717, 1.165) is 18.7 Å². The Morgan fingerprint density at radius 2 is 2.40 bits per heavy atom. The van der Waals surface area contributed by atoms with Gasteiger partial charge in [-0.05, 0) is 44.0 Å². The molecule has 82 valence electrons. The van der Waals surface area contributed by atoms with Crippen LogP contribution in [-0.4, -0.2) is 19.1 Å². The fraction of sp³-hybridized carbons (Fsp3) is 0.500. The monoisotopic (exact) mass is 208 g/mol. The van der Waals surface area contributed by atoms with Crippen molar-refractivity contribution < 1.29 is 4.39 Å². The van der Waals surface area contributed by atoms with Crippen LogP contribution in [0.4, 0.5) is 10.1 Å². The van der Waals surface area contributed by atoms with Gasteiger partial charge in [-0.2, -0.15) is 0 Å². The summed E-state index contributed by atoms with van der Waals surface area (Å²) in [4.78, 5) is 0. The van der Waals surface area contributed by atoms with Crippen molar-refractivity contribution in [3.8, 4) is 0 Å². The van der Waals surface area contributed by atoms with Crippen molar-refractivity contribution in [2.45, 2.75) is 25.8 Å². The summed E-state index contributed by atoms with van der Waals surface area (Å²) < 4.78 is 13.4. The van der Waals surface area contributed by atoms with Gasteiger partial charge in [0.2, 0.25) is 0 Å². The van der Waals surface area contributed by atoms with Crippen molar-refractivity contribution in [1.29, 1.82) is 0 Å². The first kappa shape index (κ1) is 10.4. The van der Waals surface area contributed by atoms with Crippen LogP contribution >= 0.6 is 0 Å². The molecule has 1 aromatic carbocycles. The Morgan fingerprint density at radius 1 is 1.53 bits per heavy atom. The van der Waals surface area contributed by atoms with E-state index in [-0.39, 0.29) is 5.82 Å².